The molecule has 1 aromatic heterocycles. The molecule has 5 nitrogen and oxygen atoms in total. The van der Waals surface area contributed by atoms with Gasteiger partial charge in [0.2, 0.25) is 11.8 Å². The van der Waals surface area contributed by atoms with Gasteiger partial charge in [-0.3, -0.25) is 4.79 Å². The Kier molecular flexibility index (Phi) is 4.83. The molecule has 0 bridgehead atoms. The smallest absolute Gasteiger partial charge is 0.342 e. The first-order valence-electron chi connectivity index (χ1n) is 8.50. The minimum atomic E-state index is -4.20. The SMILES string of the molecule is Cc1nc([C@@H]2CCCN(C(=O)[C@@H]3CCC[C@@H](C(F)(F)F)C3)C2)no1. The van der Waals surface area contributed by atoms with Crippen molar-refractivity contribution in [1.29, 1.82) is 0 Å². The molecule has 8 heteroatoms. The molecule has 0 radical (unpaired) electrons. The number of hydrogen-bond donors (Lipinski definition) is 0. The third-order valence-corrected chi connectivity index (χ3v) is 5.13. The Balaban J connectivity index is 1.64. The topological polar surface area (TPSA) is 59.2 Å². The van der Waals surface area contributed by atoms with Gasteiger partial charge in [0.25, 0.3) is 0 Å². The number of rotatable bonds is 2. The lowest BCUT2D eigenvalue weighted by Crippen LogP contribution is -2.44. The largest absolute Gasteiger partial charge is 0.391 e. The number of amides is 1. The van der Waals surface area contributed by atoms with Gasteiger partial charge in [0, 0.05) is 31.8 Å². The molecule has 0 N–H and O–H groups in total. The molecule has 2 heterocycles. The summed E-state index contributed by atoms with van der Waals surface area (Å²) < 4.78 is 43.9. The van der Waals surface area contributed by atoms with E-state index in [1.54, 1.807) is 11.8 Å². The minimum Gasteiger partial charge on any atom is -0.342 e. The fraction of sp³-hybridized carbons (Fsp3) is 0.812. The number of nitrogens with zero attached hydrogens (tertiary/aromatic N) is 3. The number of halogens is 3. The maximum Gasteiger partial charge on any atom is 0.391 e. The summed E-state index contributed by atoms with van der Waals surface area (Å²) in [5.74, 6) is -0.941. The first kappa shape index (κ1) is 17.2. The summed E-state index contributed by atoms with van der Waals surface area (Å²) in [4.78, 5) is 18.6. The Morgan fingerprint density at radius 3 is 2.71 bits per heavy atom. The monoisotopic (exact) mass is 345 g/mol. The molecule has 0 spiro atoms. The van der Waals surface area contributed by atoms with Crippen molar-refractivity contribution in [3.05, 3.63) is 11.7 Å². The highest BCUT2D eigenvalue weighted by molar-refractivity contribution is 5.79. The minimum absolute atomic E-state index is 0.00199. The van der Waals surface area contributed by atoms with Crippen LogP contribution in [-0.4, -0.2) is 40.2 Å². The van der Waals surface area contributed by atoms with Crippen LogP contribution in [0, 0.1) is 18.8 Å². The molecule has 1 aliphatic carbocycles. The molecule has 1 saturated carbocycles. The molecule has 1 saturated heterocycles. The van der Waals surface area contributed by atoms with Gasteiger partial charge < -0.3 is 9.42 Å². The maximum atomic E-state index is 13.0. The molecule has 1 aliphatic heterocycles. The zero-order valence-corrected chi connectivity index (χ0v) is 13.7. The van der Waals surface area contributed by atoms with Crippen molar-refractivity contribution in [2.45, 2.75) is 57.5 Å². The van der Waals surface area contributed by atoms with E-state index in [-0.39, 0.29) is 24.7 Å². The first-order valence-corrected chi connectivity index (χ1v) is 8.50. The molecule has 134 valence electrons. The standard InChI is InChI=1S/C16H22F3N3O2/c1-10-20-14(21-24-10)12-5-3-7-22(9-12)15(23)11-4-2-6-13(8-11)16(17,18)19/h11-13H,2-9H2,1H3/t11-,12-,13-/m1/s1. The highest BCUT2D eigenvalue weighted by atomic mass is 19.4. The normalized spacial score (nSPS) is 28.8. The summed E-state index contributed by atoms with van der Waals surface area (Å²) in [6.07, 6.45) is -1.47. The summed E-state index contributed by atoms with van der Waals surface area (Å²) in [6, 6.07) is 0. The van der Waals surface area contributed by atoms with Crippen LogP contribution in [0.1, 0.15) is 56.2 Å². The van der Waals surface area contributed by atoms with E-state index in [0.717, 1.165) is 12.8 Å². The van der Waals surface area contributed by atoms with Crippen LogP contribution in [0.2, 0.25) is 0 Å². The quantitative estimate of drug-likeness (QED) is 0.824. The fourth-order valence-corrected chi connectivity index (χ4v) is 3.84. The van der Waals surface area contributed by atoms with E-state index < -0.39 is 18.0 Å². The van der Waals surface area contributed by atoms with Crippen LogP contribution in [-0.2, 0) is 4.79 Å². The zero-order chi connectivity index (χ0) is 17.3. The molecule has 0 unspecified atom stereocenters. The summed E-state index contributed by atoms with van der Waals surface area (Å²) >= 11 is 0. The van der Waals surface area contributed by atoms with Crippen LogP contribution < -0.4 is 0 Å². The molecule has 3 atom stereocenters. The van der Waals surface area contributed by atoms with Gasteiger partial charge in [-0.15, -0.1) is 0 Å². The third kappa shape index (κ3) is 3.72. The zero-order valence-electron chi connectivity index (χ0n) is 13.7. The third-order valence-electron chi connectivity index (χ3n) is 5.13. The first-order chi connectivity index (χ1) is 11.3. The van der Waals surface area contributed by atoms with Crippen molar-refractivity contribution in [3.8, 4) is 0 Å². The number of hydrogen-bond acceptors (Lipinski definition) is 4. The number of carbonyl (C=O) groups is 1. The van der Waals surface area contributed by atoms with E-state index in [1.807, 2.05) is 0 Å². The van der Waals surface area contributed by atoms with Gasteiger partial charge >= 0.3 is 6.18 Å². The second-order valence-electron chi connectivity index (χ2n) is 6.90. The maximum absolute atomic E-state index is 13.0. The second-order valence-corrected chi connectivity index (χ2v) is 6.90. The number of likely N-dealkylation sites (tertiary alicyclic amines) is 1. The average molecular weight is 345 g/mol. The van der Waals surface area contributed by atoms with E-state index in [4.69, 9.17) is 4.52 Å². The van der Waals surface area contributed by atoms with Crippen LogP contribution in [0.4, 0.5) is 13.2 Å². The summed E-state index contributed by atoms with van der Waals surface area (Å²) in [5, 5.41) is 3.92. The molecule has 24 heavy (non-hydrogen) atoms. The van der Waals surface area contributed by atoms with Gasteiger partial charge in [-0.2, -0.15) is 18.2 Å². The molecule has 2 fully saturated rings. The van der Waals surface area contributed by atoms with Crippen molar-refractivity contribution >= 4 is 5.91 Å². The lowest BCUT2D eigenvalue weighted by molar-refractivity contribution is -0.187. The van der Waals surface area contributed by atoms with Crippen molar-refractivity contribution in [2.24, 2.45) is 11.8 Å². The van der Waals surface area contributed by atoms with E-state index >= 15 is 0 Å². The van der Waals surface area contributed by atoms with E-state index in [1.165, 1.54) is 0 Å². The Morgan fingerprint density at radius 2 is 2.04 bits per heavy atom. The molecule has 0 aromatic carbocycles. The number of aromatic nitrogens is 2. The highest BCUT2D eigenvalue weighted by Gasteiger charge is 2.44. The van der Waals surface area contributed by atoms with Gasteiger partial charge in [0.15, 0.2) is 5.82 Å². The van der Waals surface area contributed by atoms with E-state index in [2.05, 4.69) is 10.1 Å². The number of alkyl halides is 3. The Morgan fingerprint density at radius 1 is 1.25 bits per heavy atom. The Bertz CT molecular complexity index is 587. The van der Waals surface area contributed by atoms with Gasteiger partial charge in [-0.05, 0) is 32.1 Å². The Hall–Kier alpha value is -1.60. The van der Waals surface area contributed by atoms with Crippen molar-refractivity contribution in [2.75, 3.05) is 13.1 Å². The lowest BCUT2D eigenvalue weighted by Gasteiger charge is -2.36. The van der Waals surface area contributed by atoms with Crippen LogP contribution in [0.15, 0.2) is 4.52 Å². The molecule has 3 rings (SSSR count). The van der Waals surface area contributed by atoms with Crippen LogP contribution in [0.3, 0.4) is 0 Å². The summed E-state index contributed by atoms with van der Waals surface area (Å²) in [6.45, 7) is 2.77. The predicted octanol–water partition coefficient (Wildman–Crippen LogP) is 3.45. The summed E-state index contributed by atoms with van der Waals surface area (Å²) in [5.41, 5.74) is 0. The molecule has 2 aliphatic rings. The second kappa shape index (κ2) is 6.72. The van der Waals surface area contributed by atoms with E-state index in [9.17, 15) is 18.0 Å². The molecule has 1 aromatic rings. The number of carbonyl (C=O) groups excluding carboxylic acids is 1. The van der Waals surface area contributed by atoms with Crippen molar-refractivity contribution < 1.29 is 22.5 Å². The van der Waals surface area contributed by atoms with Gasteiger partial charge in [0.1, 0.15) is 0 Å². The summed E-state index contributed by atoms with van der Waals surface area (Å²) in [7, 11) is 0. The van der Waals surface area contributed by atoms with Crippen LogP contribution in [0.5, 0.6) is 0 Å². The lowest BCUT2D eigenvalue weighted by atomic mass is 9.80. The van der Waals surface area contributed by atoms with Gasteiger partial charge in [-0.1, -0.05) is 11.6 Å². The Labute approximate surface area is 138 Å². The fourth-order valence-electron chi connectivity index (χ4n) is 3.84. The number of aryl methyl sites for hydroxylation is 1. The van der Waals surface area contributed by atoms with Crippen molar-refractivity contribution in [3.63, 3.8) is 0 Å². The molecule has 1 amide bonds. The average Bonchev–Trinajstić information content (AvgIpc) is 3.00. The van der Waals surface area contributed by atoms with Gasteiger partial charge in [-0.25, -0.2) is 0 Å². The predicted molar refractivity (Wildman–Crippen MR) is 79.1 cm³/mol. The van der Waals surface area contributed by atoms with Crippen LogP contribution >= 0.6 is 0 Å². The van der Waals surface area contributed by atoms with Gasteiger partial charge in [0.05, 0.1) is 5.92 Å². The molecular weight excluding hydrogens is 323 g/mol. The number of piperidine rings is 1. The molecular formula is C16H22F3N3O2. The van der Waals surface area contributed by atoms with Crippen molar-refractivity contribution in [1.82, 2.24) is 15.0 Å². The van der Waals surface area contributed by atoms with E-state index in [0.29, 0.717) is 37.6 Å². The van der Waals surface area contributed by atoms with Crippen LogP contribution in [0.25, 0.3) is 0 Å². The highest BCUT2D eigenvalue weighted by Crippen LogP contribution is 2.41.